The molecule has 0 aromatic carbocycles. The molecule has 1 unspecified atom stereocenters. The Morgan fingerprint density at radius 3 is 0.846 bits per heavy atom. The van der Waals surface area contributed by atoms with Gasteiger partial charge in [0.05, 0.1) is 0 Å². The lowest BCUT2D eigenvalue weighted by Crippen LogP contribution is -2.30. The average molecular weight is 1080 g/mol. The van der Waals surface area contributed by atoms with Gasteiger partial charge in [0.15, 0.2) is 6.10 Å². The maximum absolute atomic E-state index is 12.9. The fourth-order valence-corrected chi connectivity index (χ4v) is 8.82. The zero-order valence-corrected chi connectivity index (χ0v) is 50.9. The van der Waals surface area contributed by atoms with Gasteiger partial charge in [-0.15, -0.1) is 0 Å². The van der Waals surface area contributed by atoms with E-state index in [1.165, 1.54) is 154 Å². The summed E-state index contributed by atoms with van der Waals surface area (Å²) in [5.41, 5.74) is 0. The molecular weight excluding hydrogens is 961 g/mol. The van der Waals surface area contributed by atoms with Crippen molar-refractivity contribution in [1.29, 1.82) is 0 Å². The first-order valence-electron chi connectivity index (χ1n) is 32.5. The van der Waals surface area contributed by atoms with Crippen molar-refractivity contribution in [2.75, 3.05) is 13.2 Å². The molecule has 0 aliphatic carbocycles. The van der Waals surface area contributed by atoms with Gasteiger partial charge in [-0.05, 0) is 122 Å². The van der Waals surface area contributed by atoms with E-state index < -0.39 is 12.1 Å². The summed E-state index contributed by atoms with van der Waals surface area (Å²) in [6.45, 7) is 6.45. The number of carbonyl (C=O) groups excluding carboxylic acids is 3. The molecule has 0 rings (SSSR count). The molecule has 6 nitrogen and oxygen atoms in total. The predicted octanol–water partition coefficient (Wildman–Crippen LogP) is 22.4. The zero-order chi connectivity index (χ0) is 56.4. The molecule has 0 fully saturated rings. The van der Waals surface area contributed by atoms with Gasteiger partial charge < -0.3 is 14.2 Å². The number of hydrogen-bond donors (Lipinski definition) is 0. The van der Waals surface area contributed by atoms with E-state index in [-0.39, 0.29) is 31.6 Å². The van der Waals surface area contributed by atoms with Gasteiger partial charge in [0.1, 0.15) is 13.2 Å². The van der Waals surface area contributed by atoms with Crippen LogP contribution in [0.4, 0.5) is 0 Å². The number of esters is 3. The van der Waals surface area contributed by atoms with Crippen molar-refractivity contribution >= 4 is 17.9 Å². The van der Waals surface area contributed by atoms with Crippen molar-refractivity contribution in [1.82, 2.24) is 0 Å². The van der Waals surface area contributed by atoms with Gasteiger partial charge in [0.2, 0.25) is 0 Å². The monoisotopic (exact) mass is 1080 g/mol. The minimum atomic E-state index is -0.828. The Hall–Kier alpha value is -4.19. The highest BCUT2D eigenvalue weighted by atomic mass is 16.6. The molecule has 0 N–H and O–H groups in total. The van der Waals surface area contributed by atoms with Crippen LogP contribution >= 0.6 is 0 Å². The summed E-state index contributed by atoms with van der Waals surface area (Å²) < 4.78 is 16.9. The van der Waals surface area contributed by atoms with Gasteiger partial charge >= 0.3 is 17.9 Å². The van der Waals surface area contributed by atoms with Crippen molar-refractivity contribution < 1.29 is 28.6 Å². The highest BCUT2D eigenvalue weighted by molar-refractivity contribution is 5.71. The van der Waals surface area contributed by atoms with Crippen LogP contribution in [0.1, 0.15) is 297 Å². The van der Waals surface area contributed by atoms with Gasteiger partial charge in [-0.3, -0.25) is 14.4 Å². The molecule has 0 amide bonds. The fraction of sp³-hybridized carbons (Fsp3) is 0.681. The Balaban J connectivity index is 4.48. The smallest absolute Gasteiger partial charge is 0.306 e. The zero-order valence-electron chi connectivity index (χ0n) is 50.9. The minimum absolute atomic E-state index is 0.114. The number of allylic oxidation sites excluding steroid dienone is 20. The van der Waals surface area contributed by atoms with E-state index >= 15 is 0 Å². The van der Waals surface area contributed by atoms with Crippen LogP contribution in [0.5, 0.6) is 0 Å². The van der Waals surface area contributed by atoms with E-state index in [0.29, 0.717) is 19.3 Å². The molecule has 0 bridgehead atoms. The van der Waals surface area contributed by atoms with Crippen LogP contribution in [0.15, 0.2) is 122 Å². The van der Waals surface area contributed by atoms with Crippen LogP contribution < -0.4 is 0 Å². The SMILES string of the molecule is CC/C=C\C/C=C\C/C=C\C/C=C\C/C=C\C/C=C\CCC(=O)OC(COC(=O)CCCCCCCCC/C=C\C/C=C\CCCCCC)COC(=O)CCCCCCCCCCCCC/C=C\C/C=C\CCCCCCC. The summed E-state index contributed by atoms with van der Waals surface area (Å²) in [4.78, 5) is 38.3. The van der Waals surface area contributed by atoms with E-state index in [1.807, 2.05) is 6.08 Å². The second-order valence-electron chi connectivity index (χ2n) is 21.3. The van der Waals surface area contributed by atoms with Crippen LogP contribution in [-0.2, 0) is 28.6 Å². The molecule has 0 heterocycles. The molecule has 0 aliphatic rings. The molecule has 6 heteroatoms. The fourth-order valence-electron chi connectivity index (χ4n) is 8.82. The molecule has 0 spiro atoms. The largest absolute Gasteiger partial charge is 0.462 e. The van der Waals surface area contributed by atoms with Gasteiger partial charge in [-0.25, -0.2) is 0 Å². The number of rotatable bonds is 58. The lowest BCUT2D eigenvalue weighted by atomic mass is 10.0. The number of ether oxygens (including phenoxy) is 3. The molecular formula is C72H120O6. The molecule has 0 aliphatic heterocycles. The van der Waals surface area contributed by atoms with E-state index in [2.05, 4.69) is 136 Å². The Bertz CT molecular complexity index is 1620. The summed E-state index contributed by atoms with van der Waals surface area (Å²) in [7, 11) is 0. The molecule has 78 heavy (non-hydrogen) atoms. The Morgan fingerprint density at radius 2 is 0.526 bits per heavy atom. The van der Waals surface area contributed by atoms with Crippen molar-refractivity contribution in [3.8, 4) is 0 Å². The first-order chi connectivity index (χ1) is 38.5. The van der Waals surface area contributed by atoms with Crippen LogP contribution in [0, 0.1) is 0 Å². The second kappa shape index (κ2) is 65.3. The number of unbranched alkanes of at least 4 members (excludes halogenated alkanes) is 27. The Morgan fingerprint density at radius 1 is 0.269 bits per heavy atom. The lowest BCUT2D eigenvalue weighted by Gasteiger charge is -2.18. The molecule has 1 atom stereocenters. The first kappa shape index (κ1) is 73.8. The molecule has 0 aromatic rings. The van der Waals surface area contributed by atoms with Crippen LogP contribution in [0.25, 0.3) is 0 Å². The van der Waals surface area contributed by atoms with Crippen molar-refractivity contribution in [3.63, 3.8) is 0 Å². The Labute approximate surface area is 482 Å². The molecule has 0 radical (unpaired) electrons. The van der Waals surface area contributed by atoms with Crippen molar-refractivity contribution in [3.05, 3.63) is 122 Å². The highest BCUT2D eigenvalue weighted by Gasteiger charge is 2.19. The van der Waals surface area contributed by atoms with Crippen LogP contribution in [0.2, 0.25) is 0 Å². The second-order valence-corrected chi connectivity index (χ2v) is 21.3. The average Bonchev–Trinajstić information content (AvgIpc) is 3.44. The van der Waals surface area contributed by atoms with Gasteiger partial charge in [0.25, 0.3) is 0 Å². The third-order valence-corrected chi connectivity index (χ3v) is 13.7. The molecule has 0 aromatic heterocycles. The van der Waals surface area contributed by atoms with Gasteiger partial charge in [0, 0.05) is 19.3 Å². The molecule has 0 saturated carbocycles. The maximum atomic E-state index is 12.9. The predicted molar refractivity (Wildman–Crippen MR) is 339 cm³/mol. The summed E-state index contributed by atoms with van der Waals surface area (Å²) in [5, 5.41) is 0. The summed E-state index contributed by atoms with van der Waals surface area (Å²) in [6.07, 6.45) is 90.7. The van der Waals surface area contributed by atoms with Crippen LogP contribution in [-0.4, -0.2) is 37.2 Å². The van der Waals surface area contributed by atoms with Crippen molar-refractivity contribution in [2.24, 2.45) is 0 Å². The normalized spacial score (nSPS) is 12.9. The van der Waals surface area contributed by atoms with E-state index in [4.69, 9.17) is 14.2 Å². The first-order valence-corrected chi connectivity index (χ1v) is 32.5. The summed E-state index contributed by atoms with van der Waals surface area (Å²) in [5.74, 6) is -1.00. The highest BCUT2D eigenvalue weighted by Crippen LogP contribution is 2.15. The topological polar surface area (TPSA) is 78.9 Å². The number of hydrogen-bond acceptors (Lipinski definition) is 6. The maximum Gasteiger partial charge on any atom is 0.306 e. The van der Waals surface area contributed by atoms with E-state index in [0.717, 1.165) is 96.3 Å². The Kier molecular flexibility index (Phi) is 61.8. The summed E-state index contributed by atoms with van der Waals surface area (Å²) >= 11 is 0. The number of carbonyl (C=O) groups is 3. The summed E-state index contributed by atoms with van der Waals surface area (Å²) in [6, 6.07) is 0. The molecule has 444 valence electrons. The lowest BCUT2D eigenvalue weighted by molar-refractivity contribution is -0.166. The van der Waals surface area contributed by atoms with Gasteiger partial charge in [-0.2, -0.15) is 0 Å². The van der Waals surface area contributed by atoms with E-state index in [1.54, 1.807) is 0 Å². The standard InChI is InChI=1S/C72H120O6/c1-4-7-10-13-16-19-22-25-28-31-34-35-36-37-39-41-44-47-50-53-56-59-62-65-71(74)77-68-69(67-76-70(73)64-61-58-55-52-49-46-43-40-33-30-27-24-21-18-15-12-9-6-3)78-72(75)66-63-60-57-54-51-48-45-42-38-32-29-26-23-20-17-14-11-8-5-2/h8,11,17,20-22,24-26,29-31,33-34,38,42,48,51,57,60,69H,4-7,9-10,12-16,18-19,23,27-28,32,35-37,39-41,43-47,49-50,52-56,58-59,61-68H2,1-3H3/b11-8-,20-17-,24-21-,25-22-,29-26-,33-30-,34-31-,42-38-,51-48-,60-57-. The van der Waals surface area contributed by atoms with Gasteiger partial charge in [-0.1, -0.05) is 277 Å². The van der Waals surface area contributed by atoms with Crippen LogP contribution in [0.3, 0.4) is 0 Å². The van der Waals surface area contributed by atoms with E-state index in [9.17, 15) is 14.4 Å². The molecule has 0 saturated heterocycles. The third-order valence-electron chi connectivity index (χ3n) is 13.7. The van der Waals surface area contributed by atoms with Crippen molar-refractivity contribution in [2.45, 2.75) is 303 Å². The minimum Gasteiger partial charge on any atom is -0.462 e. The third kappa shape index (κ3) is 62.7. The quantitative estimate of drug-likeness (QED) is 0.0261.